The molecule has 3 saturated heterocycles. The Labute approximate surface area is 250 Å². The number of aliphatic hydroxyl groups excluding tert-OH is 1. The van der Waals surface area contributed by atoms with Gasteiger partial charge in [-0.3, -0.25) is 32.5 Å². The number of aromatic amines is 1. The van der Waals surface area contributed by atoms with Gasteiger partial charge >= 0.3 is 15.4 Å². The standard InChI is InChI=1S/C22H26FN9O11P2/c23-12-16-11(42-21(12)31-6-27-13-9(24)1-2-26-17(13)31)4-39-44(35,36)5-8-15(33)10(3-40-45(37,38)43-16)41-20(8)32-7-28-14-18(32)29-22(25)30-19(14)34/h1-2,6-8,10-12,15-16,20-21,33H,3-5H2,(H2,24,26)(H,35,36)(H,37,38)(H3,25,29,30,34)/t8-,10-,11-,12-,15+,16-,20-,21-/m1/s1. The van der Waals surface area contributed by atoms with Gasteiger partial charge in [0.15, 0.2) is 29.2 Å². The van der Waals surface area contributed by atoms with Crippen LogP contribution in [0.25, 0.3) is 22.3 Å². The van der Waals surface area contributed by atoms with Crippen molar-refractivity contribution in [2.24, 2.45) is 5.92 Å². The van der Waals surface area contributed by atoms with Gasteiger partial charge < -0.3 is 40.4 Å². The van der Waals surface area contributed by atoms with E-state index in [1.807, 2.05) is 0 Å². The molecule has 0 aliphatic carbocycles. The van der Waals surface area contributed by atoms with Gasteiger partial charge in [0.25, 0.3) is 5.56 Å². The summed E-state index contributed by atoms with van der Waals surface area (Å²) in [4.78, 5) is 52.4. The van der Waals surface area contributed by atoms with E-state index in [1.54, 1.807) is 0 Å². The van der Waals surface area contributed by atoms with E-state index in [0.717, 1.165) is 6.33 Å². The zero-order chi connectivity index (χ0) is 31.8. The summed E-state index contributed by atoms with van der Waals surface area (Å²) in [7, 11) is -9.74. The summed E-state index contributed by atoms with van der Waals surface area (Å²) in [6.45, 7) is -1.55. The normalized spacial score (nSPS) is 37.7. The Hall–Kier alpha value is -3.36. The summed E-state index contributed by atoms with van der Waals surface area (Å²) in [6.07, 6.45) is -8.20. The molecule has 0 amide bonds. The number of nitrogens with one attached hydrogen (secondary N) is 1. The second kappa shape index (κ2) is 10.9. The number of hydrogen-bond acceptors (Lipinski definition) is 15. The van der Waals surface area contributed by atoms with Crippen molar-refractivity contribution in [1.29, 1.82) is 0 Å². The summed E-state index contributed by atoms with van der Waals surface area (Å²) in [5.41, 5.74) is 11.4. The first-order valence-corrected chi connectivity index (χ1v) is 16.6. The van der Waals surface area contributed by atoms with Crippen molar-refractivity contribution in [3.8, 4) is 0 Å². The van der Waals surface area contributed by atoms with Gasteiger partial charge in [0.2, 0.25) is 5.95 Å². The first kappa shape index (κ1) is 30.3. The van der Waals surface area contributed by atoms with Crippen LogP contribution in [0.5, 0.6) is 0 Å². The van der Waals surface area contributed by atoms with Crippen LogP contribution in [0, 0.1) is 5.92 Å². The van der Waals surface area contributed by atoms with Crippen molar-refractivity contribution in [1.82, 2.24) is 34.1 Å². The monoisotopic (exact) mass is 673 g/mol. The number of imidazole rings is 2. The predicted octanol–water partition coefficient (Wildman–Crippen LogP) is -0.443. The van der Waals surface area contributed by atoms with E-state index in [1.165, 1.54) is 27.7 Å². The van der Waals surface area contributed by atoms with Crippen molar-refractivity contribution in [3.05, 3.63) is 35.3 Å². The number of anilines is 2. The number of nitrogens with zero attached hydrogens (tertiary/aromatic N) is 6. The lowest BCUT2D eigenvalue weighted by Gasteiger charge is -2.25. The Morgan fingerprint density at radius 3 is 2.44 bits per heavy atom. The number of phosphoric ester groups is 1. The van der Waals surface area contributed by atoms with Crippen LogP contribution < -0.4 is 17.0 Å². The summed E-state index contributed by atoms with van der Waals surface area (Å²) in [5, 5.41) is 11.1. The van der Waals surface area contributed by atoms with E-state index in [0.29, 0.717) is 0 Å². The maximum absolute atomic E-state index is 15.9. The SMILES string of the molecule is Nc1nc2c(ncn2[C@@H]2O[C@@H]3COP(=O)(O)O[C@H]4[C@@H](F)[C@H](n5cnc6c(N)ccnc65)O[C@@H]4COP(=O)(O)C[C@@H]2[C@@H]3O)c(=O)[nH]1. The van der Waals surface area contributed by atoms with Crippen molar-refractivity contribution < 1.29 is 51.5 Å². The first-order valence-electron chi connectivity index (χ1n) is 13.4. The minimum Gasteiger partial charge on any atom is -0.397 e. The molecule has 8 N–H and O–H groups in total. The molecule has 242 valence electrons. The average Bonchev–Trinajstić information content (AvgIpc) is 3.72. The van der Waals surface area contributed by atoms with Crippen molar-refractivity contribution in [2.45, 2.75) is 43.0 Å². The zero-order valence-electron chi connectivity index (χ0n) is 22.8. The molecule has 0 spiro atoms. The molecule has 23 heteroatoms. The van der Waals surface area contributed by atoms with Crippen LogP contribution in [-0.2, 0) is 32.2 Å². The molecule has 0 saturated carbocycles. The Kier molecular flexibility index (Phi) is 7.32. The number of fused-ring (bicyclic) bond motifs is 5. The maximum Gasteiger partial charge on any atom is 0.472 e. The number of phosphoric acid groups is 1. The van der Waals surface area contributed by atoms with Crippen molar-refractivity contribution in [3.63, 3.8) is 0 Å². The van der Waals surface area contributed by atoms with Gasteiger partial charge in [-0.15, -0.1) is 0 Å². The van der Waals surface area contributed by atoms with Gasteiger partial charge in [-0.05, 0) is 6.07 Å². The fraction of sp³-hybridized carbons (Fsp3) is 0.500. The molecule has 2 unspecified atom stereocenters. The topological polar surface area (TPSA) is 287 Å². The number of H-pyrrole nitrogens is 1. The number of aromatic nitrogens is 7. The van der Waals surface area contributed by atoms with Crippen molar-refractivity contribution >= 4 is 49.4 Å². The Morgan fingerprint density at radius 1 is 0.978 bits per heavy atom. The summed E-state index contributed by atoms with van der Waals surface area (Å²) >= 11 is 0. The number of pyridine rings is 1. The van der Waals surface area contributed by atoms with E-state index >= 15 is 4.39 Å². The summed E-state index contributed by atoms with van der Waals surface area (Å²) in [5.74, 6) is -1.48. The number of alkyl halides is 1. The number of ether oxygens (including phenoxy) is 2. The highest BCUT2D eigenvalue weighted by molar-refractivity contribution is 7.52. The smallest absolute Gasteiger partial charge is 0.397 e. The molecule has 45 heavy (non-hydrogen) atoms. The van der Waals surface area contributed by atoms with Crippen molar-refractivity contribution in [2.75, 3.05) is 30.8 Å². The molecule has 2 bridgehead atoms. The number of nitrogens with two attached hydrogens (primary N) is 2. The van der Waals surface area contributed by atoms with E-state index in [-0.39, 0.29) is 34.0 Å². The highest BCUT2D eigenvalue weighted by Crippen LogP contribution is 2.54. The van der Waals surface area contributed by atoms with Crippen LogP contribution in [0.1, 0.15) is 12.5 Å². The molecule has 3 fully saturated rings. The predicted molar refractivity (Wildman–Crippen MR) is 148 cm³/mol. The Balaban J connectivity index is 1.21. The second-order valence-electron chi connectivity index (χ2n) is 10.7. The number of halogens is 1. The number of nitrogen functional groups attached to an aromatic ring is 2. The van der Waals surface area contributed by atoms with Gasteiger partial charge in [0.1, 0.15) is 30.1 Å². The van der Waals surface area contributed by atoms with Gasteiger partial charge in [-0.1, -0.05) is 0 Å². The average molecular weight is 673 g/mol. The van der Waals surface area contributed by atoms with Gasteiger partial charge in [-0.25, -0.2) is 23.9 Å². The number of hydrogen-bond donors (Lipinski definition) is 6. The first-order chi connectivity index (χ1) is 21.3. The molecule has 3 aliphatic heterocycles. The van der Waals surface area contributed by atoms with E-state index in [4.69, 9.17) is 34.5 Å². The molecule has 20 nitrogen and oxygen atoms in total. The Bertz CT molecular complexity index is 1940. The third-order valence-electron chi connectivity index (χ3n) is 7.80. The minimum absolute atomic E-state index is 0.0588. The fourth-order valence-electron chi connectivity index (χ4n) is 5.72. The van der Waals surface area contributed by atoms with Gasteiger partial charge in [0, 0.05) is 12.1 Å². The van der Waals surface area contributed by atoms with Gasteiger partial charge in [0.05, 0.1) is 43.8 Å². The highest BCUT2D eigenvalue weighted by Gasteiger charge is 2.54. The van der Waals surface area contributed by atoms with Crippen LogP contribution in [-0.4, -0.2) is 98.9 Å². The van der Waals surface area contributed by atoms with Crippen LogP contribution in [0.15, 0.2) is 29.7 Å². The lowest BCUT2D eigenvalue weighted by Crippen LogP contribution is -2.34. The molecule has 0 aromatic carbocycles. The second-order valence-corrected chi connectivity index (χ2v) is 14.0. The van der Waals surface area contributed by atoms with Crippen LogP contribution >= 0.6 is 15.4 Å². The van der Waals surface area contributed by atoms with E-state index in [9.17, 15) is 28.8 Å². The fourth-order valence-corrected chi connectivity index (χ4v) is 8.09. The zero-order valence-corrected chi connectivity index (χ0v) is 24.6. The summed E-state index contributed by atoms with van der Waals surface area (Å²) < 4.78 is 72.0. The molecule has 7 heterocycles. The highest BCUT2D eigenvalue weighted by atomic mass is 31.2. The third kappa shape index (κ3) is 5.34. The molecular formula is C22H26FN9O11P2. The molecule has 0 radical (unpaired) electrons. The Morgan fingerprint density at radius 2 is 1.67 bits per heavy atom. The molecule has 4 aromatic rings. The molecule has 7 rings (SSSR count). The lowest BCUT2D eigenvalue weighted by molar-refractivity contribution is -0.0557. The largest absolute Gasteiger partial charge is 0.472 e. The minimum atomic E-state index is -5.09. The quantitative estimate of drug-likeness (QED) is 0.147. The van der Waals surface area contributed by atoms with E-state index in [2.05, 4.69) is 24.9 Å². The van der Waals surface area contributed by atoms with Crippen LogP contribution in [0.4, 0.5) is 16.0 Å². The molecule has 3 aliphatic rings. The molecular weight excluding hydrogens is 647 g/mol. The number of rotatable bonds is 2. The third-order valence-corrected chi connectivity index (χ3v) is 10.2. The van der Waals surface area contributed by atoms with E-state index < -0.39 is 89.3 Å². The maximum atomic E-state index is 15.9. The summed E-state index contributed by atoms with van der Waals surface area (Å²) in [6, 6.07) is 1.49. The van der Waals surface area contributed by atoms with Gasteiger partial charge in [-0.2, -0.15) is 4.98 Å². The number of aliphatic hydroxyl groups is 1. The molecule has 4 aromatic heterocycles. The lowest BCUT2D eigenvalue weighted by atomic mass is 10.0. The van der Waals surface area contributed by atoms with Crippen LogP contribution in [0.2, 0.25) is 0 Å². The molecule has 10 atom stereocenters. The van der Waals surface area contributed by atoms with Crippen LogP contribution in [0.3, 0.4) is 0 Å².